The molecule has 0 fully saturated rings. The molecular formula is C16H29BrN2. The van der Waals surface area contributed by atoms with E-state index >= 15 is 0 Å². The van der Waals surface area contributed by atoms with Crippen LogP contribution < -0.4 is 21.5 Å². The zero-order valence-corrected chi connectivity index (χ0v) is 13.9. The minimum absolute atomic E-state index is 0. The molecule has 0 aliphatic heterocycles. The van der Waals surface area contributed by atoms with Crippen molar-refractivity contribution >= 4 is 0 Å². The van der Waals surface area contributed by atoms with Gasteiger partial charge in [-0.05, 0) is 12.8 Å². The highest BCUT2D eigenvalue weighted by Crippen LogP contribution is 2.08. The highest BCUT2D eigenvalue weighted by atomic mass is 79.9. The standard InChI is InChI=1S/C16H29N2.BrH/c1-3-5-6-7-8-9-10-11-13-18-15-14-17(16-18)12-4-2;/h4,14-16H,2-3,5-13H2,1H3;1H/q+1;/p-1. The summed E-state index contributed by atoms with van der Waals surface area (Å²) in [5.74, 6) is 0. The zero-order chi connectivity index (χ0) is 13.1. The molecule has 110 valence electrons. The van der Waals surface area contributed by atoms with Gasteiger partial charge in [0.1, 0.15) is 18.9 Å². The Balaban J connectivity index is 0.00000324. The van der Waals surface area contributed by atoms with E-state index in [2.05, 4.69) is 41.4 Å². The van der Waals surface area contributed by atoms with Crippen molar-refractivity contribution in [3.05, 3.63) is 31.4 Å². The van der Waals surface area contributed by atoms with Crippen LogP contribution in [0.3, 0.4) is 0 Å². The highest BCUT2D eigenvalue weighted by Gasteiger charge is 2.01. The fourth-order valence-electron chi connectivity index (χ4n) is 2.26. The number of aryl methyl sites for hydroxylation is 1. The van der Waals surface area contributed by atoms with Gasteiger partial charge in [-0.2, -0.15) is 0 Å². The molecule has 0 atom stereocenters. The van der Waals surface area contributed by atoms with Crippen LogP contribution in [0.1, 0.15) is 58.3 Å². The van der Waals surface area contributed by atoms with Crippen LogP contribution in [0.5, 0.6) is 0 Å². The Bertz CT molecular complexity index is 320. The van der Waals surface area contributed by atoms with Gasteiger partial charge in [0.2, 0.25) is 6.33 Å². The number of aromatic nitrogens is 2. The summed E-state index contributed by atoms with van der Waals surface area (Å²) < 4.78 is 4.44. The molecule has 0 N–H and O–H groups in total. The lowest BCUT2D eigenvalue weighted by Crippen LogP contribution is -3.00. The van der Waals surface area contributed by atoms with Crippen molar-refractivity contribution < 1.29 is 21.5 Å². The number of rotatable bonds is 11. The zero-order valence-electron chi connectivity index (χ0n) is 12.4. The number of halogens is 1. The summed E-state index contributed by atoms with van der Waals surface area (Å²) in [7, 11) is 0. The van der Waals surface area contributed by atoms with Crippen LogP contribution >= 0.6 is 0 Å². The molecule has 2 nitrogen and oxygen atoms in total. The molecule has 0 aromatic carbocycles. The van der Waals surface area contributed by atoms with Gasteiger partial charge >= 0.3 is 0 Å². The van der Waals surface area contributed by atoms with E-state index in [1.54, 1.807) is 0 Å². The molecule has 0 radical (unpaired) electrons. The first-order valence-electron chi connectivity index (χ1n) is 7.52. The van der Waals surface area contributed by atoms with Crippen LogP contribution in [-0.2, 0) is 13.1 Å². The maximum atomic E-state index is 3.75. The van der Waals surface area contributed by atoms with Gasteiger partial charge in [0.05, 0.1) is 6.54 Å². The lowest BCUT2D eigenvalue weighted by Gasteiger charge is -2.00. The summed E-state index contributed by atoms with van der Waals surface area (Å²) in [4.78, 5) is 0. The summed E-state index contributed by atoms with van der Waals surface area (Å²) in [6.45, 7) is 8.08. The van der Waals surface area contributed by atoms with Gasteiger partial charge in [-0.25, -0.2) is 9.13 Å². The molecule has 0 bridgehead atoms. The van der Waals surface area contributed by atoms with E-state index in [1.165, 1.54) is 51.4 Å². The van der Waals surface area contributed by atoms with Gasteiger partial charge in [-0.1, -0.05) is 58.1 Å². The molecule has 0 saturated carbocycles. The number of nitrogens with zero attached hydrogens (tertiary/aromatic N) is 2. The molecule has 1 rings (SSSR count). The largest absolute Gasteiger partial charge is 1.00 e. The van der Waals surface area contributed by atoms with Crippen molar-refractivity contribution in [1.82, 2.24) is 4.57 Å². The van der Waals surface area contributed by atoms with Crippen molar-refractivity contribution in [2.75, 3.05) is 0 Å². The van der Waals surface area contributed by atoms with E-state index in [0.29, 0.717) is 0 Å². The van der Waals surface area contributed by atoms with Crippen molar-refractivity contribution in [1.29, 1.82) is 0 Å². The quantitative estimate of drug-likeness (QED) is 0.327. The lowest BCUT2D eigenvalue weighted by atomic mass is 10.1. The number of hydrogen-bond acceptors (Lipinski definition) is 0. The fraction of sp³-hybridized carbons (Fsp3) is 0.688. The molecule has 0 aliphatic rings. The highest BCUT2D eigenvalue weighted by molar-refractivity contribution is 4.73. The minimum Gasteiger partial charge on any atom is -1.00 e. The molecule has 1 aromatic heterocycles. The van der Waals surface area contributed by atoms with Crippen molar-refractivity contribution in [2.45, 2.75) is 71.4 Å². The molecule has 0 aliphatic carbocycles. The van der Waals surface area contributed by atoms with Crippen molar-refractivity contribution in [3.63, 3.8) is 0 Å². The Kier molecular flexibility index (Phi) is 12.1. The first kappa shape index (κ1) is 18.4. The van der Waals surface area contributed by atoms with Crippen LogP contribution in [-0.4, -0.2) is 4.57 Å². The van der Waals surface area contributed by atoms with Crippen LogP contribution in [0, 0.1) is 0 Å². The molecule has 0 saturated heterocycles. The van der Waals surface area contributed by atoms with Gasteiger partial charge in [0, 0.05) is 0 Å². The van der Waals surface area contributed by atoms with Crippen LogP contribution in [0.4, 0.5) is 0 Å². The number of hydrogen-bond donors (Lipinski definition) is 0. The minimum atomic E-state index is 0. The summed E-state index contributed by atoms with van der Waals surface area (Å²) in [6, 6.07) is 0. The second-order valence-corrected chi connectivity index (χ2v) is 5.11. The summed E-state index contributed by atoms with van der Waals surface area (Å²) in [5.41, 5.74) is 0. The van der Waals surface area contributed by atoms with Gasteiger partial charge in [-0.3, -0.25) is 0 Å². The third kappa shape index (κ3) is 9.04. The van der Waals surface area contributed by atoms with Crippen LogP contribution in [0.15, 0.2) is 31.4 Å². The first-order valence-corrected chi connectivity index (χ1v) is 7.52. The molecule has 19 heavy (non-hydrogen) atoms. The molecule has 0 spiro atoms. The fourth-order valence-corrected chi connectivity index (χ4v) is 2.26. The third-order valence-electron chi connectivity index (χ3n) is 3.36. The normalized spacial score (nSPS) is 10.2. The Hall–Kier alpha value is -0.570. The first-order chi connectivity index (χ1) is 8.86. The topological polar surface area (TPSA) is 8.81 Å². The maximum Gasteiger partial charge on any atom is 0.244 e. The average Bonchev–Trinajstić information content (AvgIpc) is 2.81. The van der Waals surface area contributed by atoms with Crippen molar-refractivity contribution in [2.24, 2.45) is 0 Å². The molecule has 3 heteroatoms. The van der Waals surface area contributed by atoms with Gasteiger partial charge < -0.3 is 17.0 Å². The Morgan fingerprint density at radius 3 is 2.32 bits per heavy atom. The molecule has 1 heterocycles. The van der Waals surface area contributed by atoms with Gasteiger partial charge in [-0.15, -0.1) is 0 Å². The van der Waals surface area contributed by atoms with Crippen molar-refractivity contribution in [3.8, 4) is 0 Å². The van der Waals surface area contributed by atoms with E-state index in [0.717, 1.165) is 13.1 Å². The monoisotopic (exact) mass is 328 g/mol. The average molecular weight is 329 g/mol. The Labute approximate surface area is 129 Å². The van der Waals surface area contributed by atoms with E-state index in [4.69, 9.17) is 0 Å². The second-order valence-electron chi connectivity index (χ2n) is 5.11. The summed E-state index contributed by atoms with van der Waals surface area (Å²) >= 11 is 0. The SMILES string of the molecule is C=CCn1cc[n+](CCCCCCCCCC)c1.[Br-]. The Morgan fingerprint density at radius 1 is 1.05 bits per heavy atom. The van der Waals surface area contributed by atoms with E-state index < -0.39 is 0 Å². The smallest absolute Gasteiger partial charge is 0.244 e. The predicted octanol–water partition coefficient (Wildman–Crippen LogP) is 1.11. The number of unbranched alkanes of at least 4 members (excludes halogenated alkanes) is 7. The predicted molar refractivity (Wildman–Crippen MR) is 77.4 cm³/mol. The van der Waals surface area contributed by atoms with Gasteiger partial charge in [0.25, 0.3) is 0 Å². The lowest BCUT2D eigenvalue weighted by molar-refractivity contribution is -0.696. The van der Waals surface area contributed by atoms with E-state index in [-0.39, 0.29) is 17.0 Å². The summed E-state index contributed by atoms with van der Waals surface area (Å²) in [5, 5.41) is 0. The third-order valence-corrected chi connectivity index (χ3v) is 3.36. The Morgan fingerprint density at radius 2 is 1.68 bits per heavy atom. The molecule has 1 aromatic rings. The molecule has 0 amide bonds. The van der Waals surface area contributed by atoms with E-state index in [1.807, 2.05) is 6.08 Å². The molecule has 0 unspecified atom stereocenters. The van der Waals surface area contributed by atoms with Crippen LogP contribution in [0.2, 0.25) is 0 Å². The maximum absolute atomic E-state index is 3.75. The molecular weight excluding hydrogens is 300 g/mol. The number of imidazole rings is 1. The number of allylic oxidation sites excluding steroid dienone is 1. The second kappa shape index (κ2) is 12.5. The van der Waals surface area contributed by atoms with E-state index in [9.17, 15) is 0 Å². The van der Waals surface area contributed by atoms with Crippen LogP contribution in [0.25, 0.3) is 0 Å². The van der Waals surface area contributed by atoms with Gasteiger partial charge in [0.15, 0.2) is 0 Å². The summed E-state index contributed by atoms with van der Waals surface area (Å²) in [6.07, 6.45) is 19.5.